The lowest BCUT2D eigenvalue weighted by Crippen LogP contribution is -2.16. The molecule has 1 aromatic rings. The molecule has 6 nitrogen and oxygen atoms in total. The Balaban J connectivity index is 3.14. The van der Waals surface area contributed by atoms with Gasteiger partial charge in [0.1, 0.15) is 11.5 Å². The van der Waals surface area contributed by atoms with Gasteiger partial charge >= 0.3 is 5.97 Å². The summed E-state index contributed by atoms with van der Waals surface area (Å²) in [5.41, 5.74) is 1.72. The highest BCUT2D eigenvalue weighted by atomic mass is 16.5. The zero-order valence-corrected chi connectivity index (χ0v) is 13.9. The Bertz CT molecular complexity index is 556. The number of carboxylic acids is 1. The van der Waals surface area contributed by atoms with E-state index in [0.717, 1.165) is 6.42 Å². The average molecular weight is 323 g/mol. The van der Waals surface area contributed by atoms with E-state index in [0.29, 0.717) is 48.1 Å². The number of aldehydes is 1. The third-order valence-corrected chi connectivity index (χ3v) is 3.70. The van der Waals surface area contributed by atoms with Gasteiger partial charge in [-0.1, -0.05) is 20.3 Å². The maximum atomic E-state index is 11.3. The third-order valence-electron chi connectivity index (χ3n) is 3.70. The lowest BCUT2D eigenvalue weighted by Gasteiger charge is -2.19. The molecule has 0 saturated heterocycles. The van der Waals surface area contributed by atoms with Crippen LogP contribution in [0.1, 0.15) is 48.2 Å². The fourth-order valence-electron chi connectivity index (χ4n) is 2.34. The van der Waals surface area contributed by atoms with Crippen molar-refractivity contribution >= 4 is 12.3 Å². The van der Waals surface area contributed by atoms with Gasteiger partial charge in [-0.25, -0.2) is 0 Å². The number of hydrogen-bond acceptors (Lipinski definition) is 5. The second-order valence-corrected chi connectivity index (χ2v) is 5.55. The summed E-state index contributed by atoms with van der Waals surface area (Å²) in [6.07, 6.45) is 2.47. The number of carbonyl (C=O) groups excluding carboxylic acids is 1. The number of nitrogens with one attached hydrogen (secondary N) is 1. The van der Waals surface area contributed by atoms with Crippen LogP contribution in [0.4, 0.5) is 0 Å². The zero-order chi connectivity index (χ0) is 17.4. The van der Waals surface area contributed by atoms with Crippen LogP contribution >= 0.6 is 0 Å². The molecule has 6 heteroatoms. The average Bonchev–Trinajstić information content (AvgIpc) is 2.52. The predicted molar refractivity (Wildman–Crippen MR) is 87.2 cm³/mol. The number of benzene rings is 1. The van der Waals surface area contributed by atoms with Gasteiger partial charge < -0.3 is 20.3 Å². The van der Waals surface area contributed by atoms with E-state index in [1.54, 1.807) is 14.0 Å². The molecule has 1 aromatic carbocycles. The molecule has 0 aliphatic heterocycles. The summed E-state index contributed by atoms with van der Waals surface area (Å²) in [5, 5.41) is 22.1. The molecule has 3 N–H and O–H groups in total. The Morgan fingerprint density at radius 3 is 2.65 bits per heavy atom. The van der Waals surface area contributed by atoms with Gasteiger partial charge in [-0.2, -0.15) is 0 Å². The van der Waals surface area contributed by atoms with Gasteiger partial charge in [-0.3, -0.25) is 9.59 Å². The Morgan fingerprint density at radius 1 is 1.43 bits per heavy atom. The second kappa shape index (κ2) is 9.15. The molecule has 0 aromatic heterocycles. The molecule has 1 rings (SSSR count). The van der Waals surface area contributed by atoms with Crippen molar-refractivity contribution in [3.05, 3.63) is 22.8 Å². The summed E-state index contributed by atoms with van der Waals surface area (Å²) >= 11 is 0. The Labute approximate surface area is 136 Å². The van der Waals surface area contributed by atoms with Crippen LogP contribution in [-0.4, -0.2) is 36.1 Å². The highest BCUT2D eigenvalue weighted by Gasteiger charge is 2.19. The normalized spacial score (nSPS) is 12.0. The number of rotatable bonds is 10. The minimum atomic E-state index is -0.873. The molecule has 0 heterocycles. The number of ether oxygens (including phenoxy) is 1. The summed E-state index contributed by atoms with van der Waals surface area (Å²) in [5.74, 6) is -0.862. The van der Waals surface area contributed by atoms with E-state index >= 15 is 0 Å². The zero-order valence-electron chi connectivity index (χ0n) is 13.9. The molecule has 1 unspecified atom stereocenters. The van der Waals surface area contributed by atoms with Gasteiger partial charge in [-0.15, -0.1) is 0 Å². The van der Waals surface area contributed by atoms with Gasteiger partial charge in [-0.05, 0) is 26.0 Å². The molecule has 0 aliphatic carbocycles. The highest BCUT2D eigenvalue weighted by Crippen LogP contribution is 2.35. The standard InChI is InChI=1S/C17H25NO5/c1-4-5-13-15(20)8-12(10-19)14(9-18-3)16(13)23-7-6-11(2)17(21)22/h8,10-11,18,20H,4-7,9H2,1-3H3,(H,21,22). The highest BCUT2D eigenvalue weighted by molar-refractivity contribution is 5.81. The summed E-state index contributed by atoms with van der Waals surface area (Å²) in [6.45, 7) is 4.24. The number of carbonyl (C=O) groups is 2. The minimum absolute atomic E-state index is 0.0371. The van der Waals surface area contributed by atoms with Gasteiger partial charge in [0.15, 0.2) is 6.29 Å². The monoisotopic (exact) mass is 323 g/mol. The van der Waals surface area contributed by atoms with E-state index in [9.17, 15) is 14.7 Å². The SMILES string of the molecule is CCCc1c(O)cc(C=O)c(CNC)c1OCCC(C)C(=O)O. The van der Waals surface area contributed by atoms with Crippen LogP contribution in [0.3, 0.4) is 0 Å². The van der Waals surface area contributed by atoms with Crippen molar-refractivity contribution in [1.29, 1.82) is 0 Å². The van der Waals surface area contributed by atoms with Gasteiger partial charge in [0.25, 0.3) is 0 Å². The molecule has 23 heavy (non-hydrogen) atoms. The molecule has 1 atom stereocenters. The van der Waals surface area contributed by atoms with Crippen LogP contribution in [0, 0.1) is 5.92 Å². The summed E-state index contributed by atoms with van der Waals surface area (Å²) in [4.78, 5) is 22.2. The van der Waals surface area contributed by atoms with Crippen LogP contribution in [0.15, 0.2) is 6.07 Å². The van der Waals surface area contributed by atoms with Crippen molar-refractivity contribution in [2.24, 2.45) is 5.92 Å². The van der Waals surface area contributed by atoms with Crippen molar-refractivity contribution in [1.82, 2.24) is 5.32 Å². The van der Waals surface area contributed by atoms with Crippen molar-refractivity contribution in [2.45, 2.75) is 39.7 Å². The summed E-state index contributed by atoms with van der Waals surface area (Å²) in [7, 11) is 1.76. The van der Waals surface area contributed by atoms with Gasteiger partial charge in [0, 0.05) is 23.2 Å². The topological polar surface area (TPSA) is 95.9 Å². The van der Waals surface area contributed by atoms with E-state index in [4.69, 9.17) is 9.84 Å². The molecule has 0 saturated carbocycles. The van der Waals surface area contributed by atoms with Crippen LogP contribution in [-0.2, 0) is 17.8 Å². The molecule has 0 radical (unpaired) electrons. The van der Waals surface area contributed by atoms with Crippen molar-refractivity contribution < 1.29 is 24.5 Å². The maximum absolute atomic E-state index is 11.3. The van der Waals surface area contributed by atoms with Crippen LogP contribution in [0.2, 0.25) is 0 Å². The van der Waals surface area contributed by atoms with Gasteiger partial charge in [0.05, 0.1) is 12.5 Å². The number of phenolic OH excluding ortho intramolecular Hbond substituents is 1. The summed E-state index contributed by atoms with van der Waals surface area (Å²) in [6, 6.07) is 1.46. The van der Waals surface area contributed by atoms with Gasteiger partial charge in [0.2, 0.25) is 0 Å². The molecule has 0 fully saturated rings. The predicted octanol–water partition coefficient (Wildman–Crippen LogP) is 2.37. The first-order chi connectivity index (χ1) is 11.0. The van der Waals surface area contributed by atoms with Crippen molar-refractivity contribution in [2.75, 3.05) is 13.7 Å². The molecule has 0 aliphatic rings. The summed E-state index contributed by atoms with van der Waals surface area (Å²) < 4.78 is 5.80. The first-order valence-electron chi connectivity index (χ1n) is 7.79. The first-order valence-corrected chi connectivity index (χ1v) is 7.79. The van der Waals surface area contributed by atoms with E-state index in [-0.39, 0.29) is 12.4 Å². The number of phenols is 1. The molecular weight excluding hydrogens is 298 g/mol. The molecular formula is C17H25NO5. The largest absolute Gasteiger partial charge is 0.508 e. The minimum Gasteiger partial charge on any atom is -0.508 e. The lowest BCUT2D eigenvalue weighted by molar-refractivity contribution is -0.141. The lowest BCUT2D eigenvalue weighted by atomic mass is 9.98. The number of hydrogen-bond donors (Lipinski definition) is 3. The van der Waals surface area contributed by atoms with Crippen LogP contribution in [0.5, 0.6) is 11.5 Å². The Morgan fingerprint density at radius 2 is 2.13 bits per heavy atom. The number of aromatic hydroxyl groups is 1. The first kappa shape index (κ1) is 19.0. The number of aliphatic carboxylic acids is 1. The Kier molecular flexibility index (Phi) is 7.54. The number of carboxylic acid groups (broad SMARTS) is 1. The molecule has 0 spiro atoms. The Hall–Kier alpha value is -2.08. The quantitative estimate of drug-likeness (QED) is 0.572. The fraction of sp³-hybridized carbons (Fsp3) is 0.529. The fourth-order valence-corrected chi connectivity index (χ4v) is 2.34. The van der Waals surface area contributed by atoms with E-state index in [1.165, 1.54) is 6.07 Å². The van der Waals surface area contributed by atoms with Crippen molar-refractivity contribution in [3.63, 3.8) is 0 Å². The van der Waals surface area contributed by atoms with Crippen LogP contribution < -0.4 is 10.1 Å². The smallest absolute Gasteiger partial charge is 0.306 e. The van der Waals surface area contributed by atoms with E-state index < -0.39 is 11.9 Å². The molecule has 0 amide bonds. The third kappa shape index (κ3) is 4.96. The van der Waals surface area contributed by atoms with Crippen molar-refractivity contribution in [3.8, 4) is 11.5 Å². The van der Waals surface area contributed by atoms with E-state index in [1.807, 2.05) is 6.92 Å². The molecule has 0 bridgehead atoms. The second-order valence-electron chi connectivity index (χ2n) is 5.55. The van der Waals surface area contributed by atoms with Crippen LogP contribution in [0.25, 0.3) is 0 Å². The van der Waals surface area contributed by atoms with E-state index in [2.05, 4.69) is 5.32 Å². The maximum Gasteiger partial charge on any atom is 0.306 e. The molecule has 128 valence electrons.